The van der Waals surface area contributed by atoms with Gasteiger partial charge >= 0.3 is 5.97 Å². The highest BCUT2D eigenvalue weighted by Crippen LogP contribution is 2.34. The second kappa shape index (κ2) is 11.1. The average molecular weight is 417 g/mol. The van der Waals surface area contributed by atoms with Crippen LogP contribution in [0, 0.1) is 0 Å². The van der Waals surface area contributed by atoms with Gasteiger partial charge in [-0.3, -0.25) is 4.79 Å². The number of hydrogen-bond donors (Lipinski definition) is 1. The van der Waals surface area contributed by atoms with E-state index in [-0.39, 0.29) is 11.3 Å². The predicted molar refractivity (Wildman–Crippen MR) is 112 cm³/mol. The number of anilines is 1. The minimum absolute atomic E-state index is 0.142. The first-order valence-corrected chi connectivity index (χ1v) is 9.39. The number of methoxy groups -OCH3 is 4. The molecule has 8 heteroatoms. The van der Waals surface area contributed by atoms with Gasteiger partial charge in [0.25, 0.3) is 5.91 Å². The molecule has 0 bridgehead atoms. The van der Waals surface area contributed by atoms with Gasteiger partial charge in [-0.2, -0.15) is 0 Å². The summed E-state index contributed by atoms with van der Waals surface area (Å²) in [6.45, 7) is 2.94. The highest BCUT2D eigenvalue weighted by molar-refractivity contribution is 6.08. The lowest BCUT2D eigenvalue weighted by Gasteiger charge is -2.15. The van der Waals surface area contributed by atoms with Crippen LogP contribution in [-0.2, 0) is 16.1 Å². The molecule has 0 aromatic heterocycles. The fourth-order valence-electron chi connectivity index (χ4n) is 2.81. The second-order valence-electron chi connectivity index (χ2n) is 6.28. The lowest BCUT2D eigenvalue weighted by molar-refractivity contribution is 0.0601. The van der Waals surface area contributed by atoms with Gasteiger partial charge in [0.2, 0.25) is 0 Å². The first kappa shape index (κ1) is 23.0. The molecule has 2 aromatic carbocycles. The Morgan fingerprint density at radius 2 is 1.57 bits per heavy atom. The molecule has 0 saturated heterocycles. The Labute approximate surface area is 176 Å². The Bertz CT molecular complexity index is 895. The Morgan fingerprint density at radius 3 is 2.17 bits per heavy atom. The fourth-order valence-corrected chi connectivity index (χ4v) is 2.81. The van der Waals surface area contributed by atoms with E-state index in [2.05, 4.69) is 5.32 Å². The van der Waals surface area contributed by atoms with E-state index in [4.69, 9.17) is 23.7 Å². The van der Waals surface area contributed by atoms with Gasteiger partial charge in [0.15, 0.2) is 11.5 Å². The molecule has 0 aliphatic rings. The van der Waals surface area contributed by atoms with Crippen LogP contribution in [-0.4, -0.2) is 46.9 Å². The van der Waals surface area contributed by atoms with Crippen molar-refractivity contribution in [3.05, 3.63) is 47.0 Å². The minimum Gasteiger partial charge on any atom is -0.496 e. The maximum Gasteiger partial charge on any atom is 0.340 e. The number of ether oxygens (including phenoxy) is 5. The SMILES string of the molecule is CCCOCc1cc(C(=O)Nc2cc(OC)c(OC)cc2C(=O)OC)ccc1OC. The van der Waals surface area contributed by atoms with E-state index in [1.165, 1.54) is 33.5 Å². The normalized spacial score (nSPS) is 10.3. The average Bonchev–Trinajstić information content (AvgIpc) is 2.78. The molecule has 0 radical (unpaired) electrons. The molecule has 0 atom stereocenters. The Morgan fingerprint density at radius 1 is 0.900 bits per heavy atom. The minimum atomic E-state index is -0.616. The van der Waals surface area contributed by atoms with Gasteiger partial charge in [0.1, 0.15) is 5.75 Å². The van der Waals surface area contributed by atoms with Crippen LogP contribution in [0.1, 0.15) is 39.6 Å². The molecule has 0 aliphatic carbocycles. The largest absolute Gasteiger partial charge is 0.496 e. The molecular formula is C22H27NO7. The maximum absolute atomic E-state index is 12.9. The molecule has 0 aliphatic heterocycles. The predicted octanol–water partition coefficient (Wildman–Crippen LogP) is 3.68. The van der Waals surface area contributed by atoms with Gasteiger partial charge in [-0.1, -0.05) is 6.92 Å². The molecule has 30 heavy (non-hydrogen) atoms. The molecule has 2 rings (SSSR count). The Kier molecular flexibility index (Phi) is 8.49. The molecule has 0 fully saturated rings. The molecule has 1 amide bonds. The topological polar surface area (TPSA) is 92.3 Å². The third kappa shape index (κ3) is 5.42. The highest BCUT2D eigenvalue weighted by Gasteiger charge is 2.20. The zero-order valence-corrected chi connectivity index (χ0v) is 17.9. The maximum atomic E-state index is 12.9. The quantitative estimate of drug-likeness (QED) is 0.466. The Hall–Kier alpha value is -3.26. The number of amides is 1. The summed E-state index contributed by atoms with van der Waals surface area (Å²) in [6.07, 6.45) is 0.887. The first-order valence-electron chi connectivity index (χ1n) is 9.39. The monoisotopic (exact) mass is 417 g/mol. The van der Waals surface area contributed by atoms with E-state index in [1.807, 2.05) is 6.92 Å². The van der Waals surface area contributed by atoms with E-state index in [0.717, 1.165) is 12.0 Å². The van der Waals surface area contributed by atoms with E-state index >= 15 is 0 Å². The zero-order chi connectivity index (χ0) is 22.1. The molecule has 8 nitrogen and oxygen atoms in total. The van der Waals surface area contributed by atoms with Crippen molar-refractivity contribution in [1.29, 1.82) is 0 Å². The lowest BCUT2D eigenvalue weighted by Crippen LogP contribution is -2.16. The summed E-state index contributed by atoms with van der Waals surface area (Å²) in [6, 6.07) is 8.00. The summed E-state index contributed by atoms with van der Waals surface area (Å²) in [5.41, 5.74) is 1.52. The zero-order valence-electron chi connectivity index (χ0n) is 17.9. The van der Waals surface area contributed by atoms with Crippen LogP contribution in [0.5, 0.6) is 17.2 Å². The molecule has 0 unspecified atom stereocenters. The fraction of sp³-hybridized carbons (Fsp3) is 0.364. The lowest BCUT2D eigenvalue weighted by atomic mass is 10.1. The first-order chi connectivity index (χ1) is 14.5. The molecular weight excluding hydrogens is 390 g/mol. The van der Waals surface area contributed by atoms with Crippen molar-refractivity contribution in [3.8, 4) is 17.2 Å². The van der Waals surface area contributed by atoms with Gasteiger partial charge in [-0.15, -0.1) is 0 Å². The molecule has 2 aromatic rings. The molecule has 0 heterocycles. The van der Waals surface area contributed by atoms with Crippen molar-refractivity contribution >= 4 is 17.6 Å². The van der Waals surface area contributed by atoms with E-state index in [1.54, 1.807) is 25.3 Å². The van der Waals surface area contributed by atoms with Gasteiger partial charge in [-0.05, 0) is 24.6 Å². The number of benzene rings is 2. The summed E-state index contributed by atoms with van der Waals surface area (Å²) in [5.74, 6) is 0.310. The third-order valence-corrected chi connectivity index (χ3v) is 4.33. The summed E-state index contributed by atoms with van der Waals surface area (Å²) in [7, 11) is 5.74. The number of carbonyl (C=O) groups is 2. The second-order valence-corrected chi connectivity index (χ2v) is 6.28. The third-order valence-electron chi connectivity index (χ3n) is 4.33. The number of carbonyl (C=O) groups excluding carboxylic acids is 2. The van der Waals surface area contributed by atoms with Gasteiger partial charge in [0.05, 0.1) is 46.3 Å². The van der Waals surface area contributed by atoms with Crippen LogP contribution in [0.15, 0.2) is 30.3 Å². The number of rotatable bonds is 10. The van der Waals surface area contributed by atoms with Crippen molar-refractivity contribution in [2.45, 2.75) is 20.0 Å². The van der Waals surface area contributed by atoms with E-state index in [0.29, 0.717) is 36.0 Å². The highest BCUT2D eigenvalue weighted by atomic mass is 16.5. The van der Waals surface area contributed by atoms with Crippen molar-refractivity contribution in [3.63, 3.8) is 0 Å². The molecule has 0 spiro atoms. The molecule has 1 N–H and O–H groups in total. The standard InChI is InChI=1S/C22H27NO7/c1-6-9-30-13-15-10-14(7-8-18(15)26-2)21(24)23-17-12-20(28-4)19(27-3)11-16(17)22(25)29-5/h7-8,10-12H,6,9,13H2,1-5H3,(H,23,24). The summed E-state index contributed by atoms with van der Waals surface area (Å²) in [5, 5.41) is 2.74. The van der Waals surface area contributed by atoms with Crippen molar-refractivity contribution in [2.24, 2.45) is 0 Å². The number of esters is 1. The number of nitrogens with one attached hydrogen (secondary N) is 1. The van der Waals surface area contributed by atoms with Crippen molar-refractivity contribution in [2.75, 3.05) is 40.4 Å². The van der Waals surface area contributed by atoms with Crippen molar-refractivity contribution in [1.82, 2.24) is 0 Å². The smallest absolute Gasteiger partial charge is 0.340 e. The van der Waals surface area contributed by atoms with E-state index in [9.17, 15) is 9.59 Å². The van der Waals surface area contributed by atoms with Crippen LogP contribution >= 0.6 is 0 Å². The van der Waals surface area contributed by atoms with Crippen LogP contribution in [0.3, 0.4) is 0 Å². The van der Waals surface area contributed by atoms with Gasteiger partial charge < -0.3 is 29.0 Å². The van der Waals surface area contributed by atoms with Crippen LogP contribution in [0.25, 0.3) is 0 Å². The summed E-state index contributed by atoms with van der Waals surface area (Å²) < 4.78 is 26.3. The number of hydrogen-bond acceptors (Lipinski definition) is 7. The van der Waals surface area contributed by atoms with Crippen LogP contribution in [0.4, 0.5) is 5.69 Å². The molecule has 0 saturated carbocycles. The van der Waals surface area contributed by atoms with Gasteiger partial charge in [0, 0.05) is 29.9 Å². The summed E-state index contributed by atoms with van der Waals surface area (Å²) in [4.78, 5) is 25.1. The van der Waals surface area contributed by atoms with Crippen LogP contribution in [0.2, 0.25) is 0 Å². The van der Waals surface area contributed by atoms with Crippen LogP contribution < -0.4 is 19.5 Å². The Balaban J connectivity index is 2.36. The van der Waals surface area contributed by atoms with Gasteiger partial charge in [-0.25, -0.2) is 4.79 Å². The summed E-state index contributed by atoms with van der Waals surface area (Å²) >= 11 is 0. The van der Waals surface area contributed by atoms with E-state index < -0.39 is 11.9 Å². The van der Waals surface area contributed by atoms with Crippen molar-refractivity contribution < 1.29 is 33.3 Å². The molecule has 162 valence electrons.